The van der Waals surface area contributed by atoms with Crippen LogP contribution in [0.3, 0.4) is 0 Å². The van der Waals surface area contributed by atoms with Gasteiger partial charge in [0, 0.05) is 57.6 Å². The Labute approximate surface area is 165 Å². The van der Waals surface area contributed by atoms with Gasteiger partial charge >= 0.3 is 0 Å². The quantitative estimate of drug-likeness (QED) is 0.506. The summed E-state index contributed by atoms with van der Waals surface area (Å²) in [7, 11) is 1.66. The molecule has 1 aliphatic heterocycles. The van der Waals surface area contributed by atoms with E-state index in [1.54, 1.807) is 19.4 Å². The molecular weight excluding hydrogens is 364 g/mol. The van der Waals surface area contributed by atoms with Gasteiger partial charge in [0.15, 0.2) is 11.5 Å². The normalized spacial score (nSPS) is 14.9. The summed E-state index contributed by atoms with van der Waals surface area (Å²) < 4.78 is 11.4. The van der Waals surface area contributed by atoms with E-state index in [1.165, 1.54) is 5.56 Å². The molecule has 1 aromatic carbocycles. The Morgan fingerprint density at radius 2 is 1.96 bits per heavy atom. The Kier molecular flexibility index (Phi) is 7.71. The molecule has 1 aromatic heterocycles. The van der Waals surface area contributed by atoms with E-state index < -0.39 is 0 Å². The monoisotopic (exact) mass is 390 g/mol. The maximum absolute atomic E-state index is 5.87. The summed E-state index contributed by atoms with van der Waals surface area (Å²) in [6.07, 6.45) is 1.71. The summed E-state index contributed by atoms with van der Waals surface area (Å²) in [5.41, 5.74) is 2.13. The number of hydrogen-bond acceptors (Lipinski definition) is 6. The molecule has 27 heavy (non-hydrogen) atoms. The van der Waals surface area contributed by atoms with Gasteiger partial charge in [-0.3, -0.25) is 4.90 Å². The van der Waals surface area contributed by atoms with E-state index in [2.05, 4.69) is 26.6 Å². The van der Waals surface area contributed by atoms with Crippen LogP contribution in [-0.4, -0.2) is 56.3 Å². The van der Waals surface area contributed by atoms with Gasteiger partial charge in [0.05, 0.1) is 7.11 Å². The first-order chi connectivity index (χ1) is 13.2. The topological polar surface area (TPSA) is 58.7 Å². The van der Waals surface area contributed by atoms with E-state index in [9.17, 15) is 0 Å². The van der Waals surface area contributed by atoms with Crippen LogP contribution in [0.4, 0.5) is 0 Å². The highest BCUT2D eigenvalue weighted by Gasteiger charge is 2.09. The average Bonchev–Trinajstić information content (AvgIpc) is 2.72. The van der Waals surface area contributed by atoms with Crippen molar-refractivity contribution in [3.63, 3.8) is 0 Å². The smallest absolute Gasteiger partial charge is 0.161 e. The van der Waals surface area contributed by atoms with Crippen molar-refractivity contribution in [1.29, 1.82) is 0 Å². The molecule has 7 heteroatoms. The van der Waals surface area contributed by atoms with Gasteiger partial charge in [-0.1, -0.05) is 23.7 Å². The Balaban J connectivity index is 1.47. The second kappa shape index (κ2) is 10.5. The molecule has 1 saturated heterocycles. The maximum Gasteiger partial charge on any atom is 0.161 e. The van der Waals surface area contributed by atoms with E-state index in [-0.39, 0.29) is 0 Å². The van der Waals surface area contributed by atoms with E-state index in [1.807, 2.05) is 18.2 Å². The molecule has 0 saturated carbocycles. The molecule has 0 atom stereocenters. The van der Waals surface area contributed by atoms with Crippen molar-refractivity contribution in [1.82, 2.24) is 20.5 Å². The molecule has 146 valence electrons. The van der Waals surface area contributed by atoms with E-state index in [0.29, 0.717) is 11.8 Å². The Morgan fingerprint density at radius 1 is 1.15 bits per heavy atom. The zero-order valence-electron chi connectivity index (χ0n) is 15.7. The zero-order valence-corrected chi connectivity index (χ0v) is 16.5. The Hall–Kier alpha value is -1.86. The maximum atomic E-state index is 5.87. The molecule has 1 aliphatic rings. The van der Waals surface area contributed by atoms with Gasteiger partial charge in [-0.2, -0.15) is 0 Å². The van der Waals surface area contributed by atoms with E-state index in [0.717, 1.165) is 62.9 Å². The molecule has 0 aliphatic carbocycles. The number of halogens is 1. The number of aromatic nitrogens is 1. The van der Waals surface area contributed by atoms with E-state index >= 15 is 0 Å². The Morgan fingerprint density at radius 3 is 2.70 bits per heavy atom. The van der Waals surface area contributed by atoms with Gasteiger partial charge in [-0.05, 0) is 23.8 Å². The molecule has 2 N–H and O–H groups in total. The molecule has 0 radical (unpaired) electrons. The number of nitrogens with one attached hydrogen (secondary N) is 2. The van der Waals surface area contributed by atoms with Crippen molar-refractivity contribution in [2.75, 3.05) is 46.4 Å². The fraction of sp³-hybridized carbons (Fsp3) is 0.450. The fourth-order valence-electron chi connectivity index (χ4n) is 3.00. The lowest BCUT2D eigenvalue weighted by atomic mass is 10.2. The number of hydrogen-bond donors (Lipinski definition) is 2. The molecule has 3 rings (SSSR count). The predicted octanol–water partition coefficient (Wildman–Crippen LogP) is 2.32. The summed E-state index contributed by atoms with van der Waals surface area (Å²) in [4.78, 5) is 6.54. The van der Waals surface area contributed by atoms with Crippen molar-refractivity contribution >= 4 is 11.6 Å². The summed E-state index contributed by atoms with van der Waals surface area (Å²) >= 11 is 5.81. The minimum atomic E-state index is 0.419. The van der Waals surface area contributed by atoms with Crippen molar-refractivity contribution in [2.45, 2.75) is 13.2 Å². The number of piperazine rings is 1. The summed E-state index contributed by atoms with van der Waals surface area (Å²) in [6.45, 7) is 7.72. The van der Waals surface area contributed by atoms with Crippen LogP contribution in [0, 0.1) is 0 Å². The SMILES string of the molecule is COc1cc(CNCCN2CCNCC2)ccc1OCc1ccc(Cl)nc1. The van der Waals surface area contributed by atoms with Gasteiger partial charge < -0.3 is 20.1 Å². The third kappa shape index (κ3) is 6.36. The first-order valence-corrected chi connectivity index (χ1v) is 9.66. The molecule has 2 aromatic rings. The molecular formula is C20H27ClN4O2. The summed E-state index contributed by atoms with van der Waals surface area (Å²) in [5, 5.41) is 7.36. The third-order valence-electron chi connectivity index (χ3n) is 4.55. The van der Waals surface area contributed by atoms with Crippen LogP contribution in [0.25, 0.3) is 0 Å². The van der Waals surface area contributed by atoms with Crippen molar-refractivity contribution in [2.24, 2.45) is 0 Å². The molecule has 0 unspecified atom stereocenters. The molecule has 1 fully saturated rings. The summed E-state index contributed by atoms with van der Waals surface area (Å²) in [6, 6.07) is 9.70. The van der Waals surface area contributed by atoms with Gasteiger partial charge in [-0.25, -0.2) is 4.98 Å². The molecule has 2 heterocycles. The molecule has 6 nitrogen and oxygen atoms in total. The van der Waals surface area contributed by atoms with Crippen LogP contribution >= 0.6 is 11.6 Å². The van der Waals surface area contributed by atoms with Gasteiger partial charge in [0.25, 0.3) is 0 Å². The van der Waals surface area contributed by atoms with Crippen LogP contribution in [-0.2, 0) is 13.2 Å². The van der Waals surface area contributed by atoms with Crippen molar-refractivity contribution in [3.05, 3.63) is 52.8 Å². The number of nitrogens with zero attached hydrogens (tertiary/aromatic N) is 2. The highest BCUT2D eigenvalue weighted by atomic mass is 35.5. The second-order valence-corrected chi connectivity index (χ2v) is 6.92. The number of pyridine rings is 1. The average molecular weight is 391 g/mol. The minimum absolute atomic E-state index is 0.419. The van der Waals surface area contributed by atoms with E-state index in [4.69, 9.17) is 21.1 Å². The minimum Gasteiger partial charge on any atom is -0.493 e. The van der Waals surface area contributed by atoms with Gasteiger partial charge in [0.1, 0.15) is 11.8 Å². The molecule has 0 amide bonds. The summed E-state index contributed by atoms with van der Waals surface area (Å²) in [5.74, 6) is 1.45. The molecule has 0 bridgehead atoms. The van der Waals surface area contributed by atoms with Crippen LogP contribution < -0.4 is 20.1 Å². The lowest BCUT2D eigenvalue weighted by Gasteiger charge is -2.27. The number of rotatable bonds is 9. The van der Waals surface area contributed by atoms with Gasteiger partial charge in [-0.15, -0.1) is 0 Å². The van der Waals surface area contributed by atoms with Crippen molar-refractivity contribution < 1.29 is 9.47 Å². The largest absolute Gasteiger partial charge is 0.493 e. The van der Waals surface area contributed by atoms with Crippen LogP contribution in [0.2, 0.25) is 5.15 Å². The lowest BCUT2D eigenvalue weighted by Crippen LogP contribution is -2.45. The molecule has 0 spiro atoms. The first kappa shape index (κ1) is 19.9. The zero-order chi connectivity index (χ0) is 18.9. The van der Waals surface area contributed by atoms with Crippen molar-refractivity contribution in [3.8, 4) is 11.5 Å². The van der Waals surface area contributed by atoms with Crippen LogP contribution in [0.5, 0.6) is 11.5 Å². The number of ether oxygens (including phenoxy) is 2. The second-order valence-electron chi connectivity index (χ2n) is 6.53. The Bertz CT molecular complexity index is 706. The predicted molar refractivity (Wildman–Crippen MR) is 108 cm³/mol. The van der Waals surface area contributed by atoms with Gasteiger partial charge in [0.2, 0.25) is 0 Å². The number of methoxy groups -OCH3 is 1. The standard InChI is InChI=1S/C20H27ClN4O2/c1-26-19-12-16(13-23-8-11-25-9-6-22-7-10-25)2-4-18(19)27-15-17-3-5-20(21)24-14-17/h2-5,12,14,22-23H,6-11,13,15H2,1H3. The highest BCUT2D eigenvalue weighted by Crippen LogP contribution is 2.28. The van der Waals surface area contributed by atoms with Crippen LogP contribution in [0.15, 0.2) is 36.5 Å². The fourth-order valence-corrected chi connectivity index (χ4v) is 3.11. The van der Waals surface area contributed by atoms with Crippen LogP contribution in [0.1, 0.15) is 11.1 Å². The first-order valence-electron chi connectivity index (χ1n) is 9.28. The highest BCUT2D eigenvalue weighted by molar-refractivity contribution is 6.29. The number of benzene rings is 1. The lowest BCUT2D eigenvalue weighted by molar-refractivity contribution is 0.241. The third-order valence-corrected chi connectivity index (χ3v) is 4.78.